The van der Waals surface area contributed by atoms with Gasteiger partial charge in [0.25, 0.3) is 0 Å². The summed E-state index contributed by atoms with van der Waals surface area (Å²) in [5.41, 5.74) is 5.96. The third-order valence-electron chi connectivity index (χ3n) is 3.03. The van der Waals surface area contributed by atoms with Crippen LogP contribution >= 0.6 is 12.4 Å². The number of ether oxygens (including phenoxy) is 1. The maximum atomic E-state index is 11.4. The largest absolute Gasteiger partial charge is 0.383 e. The minimum atomic E-state index is -0.535. The van der Waals surface area contributed by atoms with Crippen molar-refractivity contribution >= 4 is 18.3 Å². The zero-order valence-corrected chi connectivity index (χ0v) is 10.2. The molecule has 1 rings (SSSR count). The minimum Gasteiger partial charge on any atom is -0.383 e. The van der Waals surface area contributed by atoms with E-state index < -0.39 is 6.04 Å². The second kappa shape index (κ2) is 6.30. The van der Waals surface area contributed by atoms with Gasteiger partial charge in [0.2, 0.25) is 5.91 Å². The van der Waals surface area contributed by atoms with Crippen molar-refractivity contribution in [1.82, 2.24) is 5.32 Å². The molecule has 0 heterocycles. The van der Waals surface area contributed by atoms with Crippen LogP contribution in [0.15, 0.2) is 0 Å². The molecular formula is C10H21ClN2O2. The number of carbonyl (C=O) groups is 1. The highest BCUT2D eigenvalue weighted by atomic mass is 35.5. The third kappa shape index (κ3) is 4.36. The van der Waals surface area contributed by atoms with Crippen LogP contribution in [0.5, 0.6) is 0 Å². The Bertz CT molecular complexity index is 208. The first-order valence-electron chi connectivity index (χ1n) is 5.16. The molecule has 1 saturated carbocycles. The van der Waals surface area contributed by atoms with Crippen molar-refractivity contribution in [2.24, 2.45) is 11.1 Å². The standard InChI is InChI=1S/C10H20N2O2.ClH/c1-3-10(4-5-10)7-12-9(13)8(11)6-14-2;/h8H,3-7,11H2,1-2H3,(H,12,13);1H. The van der Waals surface area contributed by atoms with Crippen LogP contribution in [0.1, 0.15) is 26.2 Å². The van der Waals surface area contributed by atoms with E-state index in [9.17, 15) is 4.79 Å². The molecule has 0 saturated heterocycles. The Morgan fingerprint density at radius 2 is 2.20 bits per heavy atom. The molecular weight excluding hydrogens is 216 g/mol. The van der Waals surface area contributed by atoms with Gasteiger partial charge in [-0.15, -0.1) is 12.4 Å². The SMILES string of the molecule is CCC1(CNC(=O)C(N)COC)CC1.Cl. The van der Waals surface area contributed by atoms with E-state index in [4.69, 9.17) is 10.5 Å². The van der Waals surface area contributed by atoms with Crippen LogP contribution in [0.2, 0.25) is 0 Å². The molecule has 0 aromatic rings. The van der Waals surface area contributed by atoms with Gasteiger partial charge in [-0.05, 0) is 24.7 Å². The van der Waals surface area contributed by atoms with Gasteiger partial charge in [0.05, 0.1) is 6.61 Å². The average molecular weight is 237 g/mol. The summed E-state index contributed by atoms with van der Waals surface area (Å²) in [6.45, 7) is 3.21. The lowest BCUT2D eigenvalue weighted by Gasteiger charge is -2.16. The zero-order chi connectivity index (χ0) is 10.6. The molecule has 0 aromatic heterocycles. The second-order valence-electron chi connectivity index (χ2n) is 4.13. The number of hydrogen-bond acceptors (Lipinski definition) is 3. The molecule has 1 fully saturated rings. The van der Waals surface area contributed by atoms with Crippen molar-refractivity contribution in [2.45, 2.75) is 32.2 Å². The Morgan fingerprint density at radius 1 is 1.60 bits per heavy atom. The molecule has 0 spiro atoms. The van der Waals surface area contributed by atoms with Gasteiger partial charge < -0.3 is 15.8 Å². The molecule has 5 heteroatoms. The van der Waals surface area contributed by atoms with Gasteiger partial charge in [0.15, 0.2) is 0 Å². The van der Waals surface area contributed by atoms with Gasteiger partial charge in [0, 0.05) is 13.7 Å². The summed E-state index contributed by atoms with van der Waals surface area (Å²) >= 11 is 0. The number of amides is 1. The Hall–Kier alpha value is -0.320. The molecule has 1 aliphatic rings. The number of halogens is 1. The molecule has 0 aliphatic heterocycles. The van der Waals surface area contributed by atoms with Crippen LogP contribution < -0.4 is 11.1 Å². The van der Waals surface area contributed by atoms with Crippen LogP contribution in [0.4, 0.5) is 0 Å². The van der Waals surface area contributed by atoms with Crippen LogP contribution in [-0.4, -0.2) is 32.2 Å². The maximum Gasteiger partial charge on any atom is 0.239 e. The molecule has 4 nitrogen and oxygen atoms in total. The fourth-order valence-electron chi connectivity index (χ4n) is 1.49. The number of hydrogen-bond donors (Lipinski definition) is 2. The van der Waals surface area contributed by atoms with Gasteiger partial charge in [0.1, 0.15) is 6.04 Å². The molecule has 90 valence electrons. The normalized spacial score (nSPS) is 18.9. The average Bonchev–Trinajstić information content (AvgIpc) is 2.95. The summed E-state index contributed by atoms with van der Waals surface area (Å²) in [5, 5.41) is 2.88. The van der Waals surface area contributed by atoms with E-state index in [1.54, 1.807) is 7.11 Å². The summed E-state index contributed by atoms with van der Waals surface area (Å²) < 4.78 is 4.81. The topological polar surface area (TPSA) is 64.4 Å². The summed E-state index contributed by atoms with van der Waals surface area (Å²) in [7, 11) is 1.54. The van der Waals surface area contributed by atoms with E-state index in [0.29, 0.717) is 5.41 Å². The minimum absolute atomic E-state index is 0. The van der Waals surface area contributed by atoms with E-state index >= 15 is 0 Å². The van der Waals surface area contributed by atoms with Crippen LogP contribution in [-0.2, 0) is 9.53 Å². The highest BCUT2D eigenvalue weighted by Gasteiger charge is 2.40. The van der Waals surface area contributed by atoms with E-state index in [0.717, 1.165) is 13.0 Å². The van der Waals surface area contributed by atoms with Crippen molar-refractivity contribution in [3.63, 3.8) is 0 Å². The van der Waals surface area contributed by atoms with E-state index in [1.807, 2.05) is 0 Å². The van der Waals surface area contributed by atoms with Gasteiger partial charge in [-0.1, -0.05) is 6.92 Å². The third-order valence-corrected chi connectivity index (χ3v) is 3.03. The fraction of sp³-hybridized carbons (Fsp3) is 0.900. The predicted octanol–water partition coefficient (Wildman–Crippen LogP) is 0.688. The molecule has 0 bridgehead atoms. The van der Waals surface area contributed by atoms with Crippen molar-refractivity contribution in [3.05, 3.63) is 0 Å². The number of nitrogens with one attached hydrogen (secondary N) is 1. The summed E-state index contributed by atoms with van der Waals surface area (Å²) in [5.74, 6) is -0.105. The number of methoxy groups -OCH3 is 1. The highest BCUT2D eigenvalue weighted by Crippen LogP contribution is 2.47. The van der Waals surface area contributed by atoms with Gasteiger partial charge in [-0.25, -0.2) is 0 Å². The number of nitrogens with two attached hydrogens (primary N) is 1. The number of carbonyl (C=O) groups excluding carboxylic acids is 1. The molecule has 0 aromatic carbocycles. The quantitative estimate of drug-likeness (QED) is 0.713. The summed E-state index contributed by atoms with van der Waals surface area (Å²) in [4.78, 5) is 11.4. The Labute approximate surface area is 97.3 Å². The molecule has 15 heavy (non-hydrogen) atoms. The number of rotatable bonds is 6. The first kappa shape index (κ1) is 14.7. The first-order valence-corrected chi connectivity index (χ1v) is 5.16. The van der Waals surface area contributed by atoms with Crippen LogP contribution in [0.25, 0.3) is 0 Å². The van der Waals surface area contributed by atoms with Gasteiger partial charge in [-0.3, -0.25) is 4.79 Å². The molecule has 0 radical (unpaired) electrons. The van der Waals surface area contributed by atoms with E-state index in [1.165, 1.54) is 12.8 Å². The summed E-state index contributed by atoms with van der Waals surface area (Å²) in [6.07, 6.45) is 3.58. The van der Waals surface area contributed by atoms with Crippen molar-refractivity contribution in [2.75, 3.05) is 20.3 Å². The Balaban J connectivity index is 0.00000196. The van der Waals surface area contributed by atoms with E-state index in [2.05, 4.69) is 12.2 Å². The monoisotopic (exact) mass is 236 g/mol. The van der Waals surface area contributed by atoms with Crippen LogP contribution in [0.3, 0.4) is 0 Å². The zero-order valence-electron chi connectivity index (χ0n) is 9.41. The van der Waals surface area contributed by atoms with Crippen LogP contribution in [0, 0.1) is 5.41 Å². The smallest absolute Gasteiger partial charge is 0.239 e. The predicted molar refractivity (Wildman–Crippen MR) is 62.1 cm³/mol. The lowest BCUT2D eigenvalue weighted by Crippen LogP contribution is -2.45. The maximum absolute atomic E-state index is 11.4. The molecule has 1 unspecified atom stereocenters. The van der Waals surface area contributed by atoms with Crippen molar-refractivity contribution in [1.29, 1.82) is 0 Å². The second-order valence-corrected chi connectivity index (χ2v) is 4.13. The Morgan fingerprint density at radius 3 is 2.60 bits per heavy atom. The van der Waals surface area contributed by atoms with Crippen molar-refractivity contribution < 1.29 is 9.53 Å². The van der Waals surface area contributed by atoms with Gasteiger partial charge in [-0.2, -0.15) is 0 Å². The van der Waals surface area contributed by atoms with Gasteiger partial charge >= 0.3 is 0 Å². The lowest BCUT2D eigenvalue weighted by molar-refractivity contribution is -0.123. The fourth-order valence-corrected chi connectivity index (χ4v) is 1.49. The lowest BCUT2D eigenvalue weighted by atomic mass is 10.0. The van der Waals surface area contributed by atoms with Crippen molar-refractivity contribution in [3.8, 4) is 0 Å². The molecule has 3 N–H and O–H groups in total. The molecule has 1 amide bonds. The summed E-state index contributed by atoms with van der Waals surface area (Å²) in [6, 6.07) is -0.535. The van der Waals surface area contributed by atoms with E-state index in [-0.39, 0.29) is 24.9 Å². The molecule has 1 aliphatic carbocycles. The highest BCUT2D eigenvalue weighted by molar-refractivity contribution is 5.85. The Kier molecular flexibility index (Phi) is 6.17. The molecule has 1 atom stereocenters. The first-order chi connectivity index (χ1) is 6.63.